The van der Waals surface area contributed by atoms with E-state index < -0.39 is 6.10 Å². The van der Waals surface area contributed by atoms with Crippen LogP contribution in [0.1, 0.15) is 18.3 Å². The van der Waals surface area contributed by atoms with Gasteiger partial charge >= 0.3 is 0 Å². The first-order valence-electron chi connectivity index (χ1n) is 4.26. The number of aliphatic hydroxyl groups excluding tert-OH is 1. The Balaban J connectivity index is 2.04. The summed E-state index contributed by atoms with van der Waals surface area (Å²) < 4.78 is 0. The Bertz CT molecular complexity index is 228. The molecule has 4 heteroatoms. The molecule has 12 heavy (non-hydrogen) atoms. The van der Waals surface area contributed by atoms with Crippen molar-refractivity contribution in [3.05, 3.63) is 18.2 Å². The van der Waals surface area contributed by atoms with Crippen LogP contribution in [-0.4, -0.2) is 28.2 Å². The maximum atomic E-state index is 9.78. The van der Waals surface area contributed by atoms with Crippen LogP contribution >= 0.6 is 0 Å². The molecule has 1 saturated heterocycles. The van der Waals surface area contributed by atoms with Crippen LogP contribution in [0.5, 0.6) is 0 Å². The summed E-state index contributed by atoms with van der Waals surface area (Å²) in [6, 6.07) is 0. The summed E-state index contributed by atoms with van der Waals surface area (Å²) in [5.41, 5.74) is 0. The molecule has 0 bridgehead atoms. The van der Waals surface area contributed by atoms with Gasteiger partial charge in [0.15, 0.2) is 0 Å². The topological polar surface area (TPSA) is 60.9 Å². The zero-order valence-electron chi connectivity index (χ0n) is 6.83. The average Bonchev–Trinajstić information content (AvgIpc) is 2.77. The van der Waals surface area contributed by atoms with Gasteiger partial charge in [0.2, 0.25) is 0 Å². The highest BCUT2D eigenvalue weighted by atomic mass is 16.3. The van der Waals surface area contributed by atoms with Crippen LogP contribution in [0.2, 0.25) is 0 Å². The first kappa shape index (κ1) is 7.76. The number of aromatic nitrogens is 2. The van der Waals surface area contributed by atoms with Crippen molar-refractivity contribution in [2.24, 2.45) is 5.92 Å². The Labute approximate surface area is 71.0 Å². The summed E-state index contributed by atoms with van der Waals surface area (Å²) in [7, 11) is 0. The van der Waals surface area contributed by atoms with Crippen LogP contribution in [0.15, 0.2) is 12.4 Å². The molecule has 2 heterocycles. The molecule has 0 radical (unpaired) electrons. The summed E-state index contributed by atoms with van der Waals surface area (Å²) in [5, 5.41) is 13.0. The fourth-order valence-electron chi connectivity index (χ4n) is 1.61. The molecular weight excluding hydrogens is 154 g/mol. The molecule has 1 fully saturated rings. The van der Waals surface area contributed by atoms with Gasteiger partial charge in [0, 0.05) is 24.9 Å². The maximum Gasteiger partial charge on any atom is 0.135 e. The van der Waals surface area contributed by atoms with Crippen LogP contribution in [0.25, 0.3) is 0 Å². The predicted molar refractivity (Wildman–Crippen MR) is 44.5 cm³/mol. The lowest BCUT2D eigenvalue weighted by Crippen LogP contribution is -2.17. The number of imidazole rings is 1. The fraction of sp³-hybridized carbons (Fsp3) is 0.625. The molecule has 4 nitrogen and oxygen atoms in total. The van der Waals surface area contributed by atoms with Gasteiger partial charge in [-0.05, 0) is 13.0 Å². The summed E-state index contributed by atoms with van der Waals surface area (Å²) in [6.07, 6.45) is 4.00. The van der Waals surface area contributed by atoms with Gasteiger partial charge in [-0.3, -0.25) is 0 Å². The van der Waals surface area contributed by atoms with Gasteiger partial charge in [0.05, 0.1) is 0 Å². The number of nitrogens with one attached hydrogen (secondary N) is 2. The molecule has 0 aromatic carbocycles. The van der Waals surface area contributed by atoms with Gasteiger partial charge in [-0.2, -0.15) is 0 Å². The van der Waals surface area contributed by atoms with Crippen LogP contribution in [0.3, 0.4) is 0 Å². The SMILES string of the molecule is OC(c1ncc[nH]1)C1CCNC1. The van der Waals surface area contributed by atoms with E-state index in [1.807, 2.05) is 0 Å². The average molecular weight is 167 g/mol. The van der Waals surface area contributed by atoms with Gasteiger partial charge in [0.25, 0.3) is 0 Å². The number of hydrogen-bond acceptors (Lipinski definition) is 3. The van der Waals surface area contributed by atoms with Crippen LogP contribution in [0.4, 0.5) is 0 Å². The third-order valence-corrected chi connectivity index (χ3v) is 2.34. The minimum Gasteiger partial charge on any atom is -0.385 e. The van der Waals surface area contributed by atoms with E-state index in [0.717, 1.165) is 19.5 Å². The largest absolute Gasteiger partial charge is 0.385 e. The van der Waals surface area contributed by atoms with Gasteiger partial charge in [-0.25, -0.2) is 4.98 Å². The summed E-state index contributed by atoms with van der Waals surface area (Å²) in [5.74, 6) is 1.000. The fourth-order valence-corrected chi connectivity index (χ4v) is 1.61. The lowest BCUT2D eigenvalue weighted by atomic mass is 10.0. The second-order valence-electron chi connectivity index (χ2n) is 3.17. The standard InChI is InChI=1S/C8H13N3O/c12-7(6-1-2-9-5-6)8-10-3-4-11-8/h3-4,6-7,9,12H,1-2,5H2,(H,10,11). The first-order valence-corrected chi connectivity index (χ1v) is 4.26. The van der Waals surface area contributed by atoms with Gasteiger partial charge < -0.3 is 15.4 Å². The molecule has 1 aromatic heterocycles. The Kier molecular flexibility index (Phi) is 2.10. The number of aliphatic hydroxyl groups is 1. The highest BCUT2D eigenvalue weighted by Gasteiger charge is 2.25. The van der Waals surface area contributed by atoms with Crippen molar-refractivity contribution in [2.75, 3.05) is 13.1 Å². The van der Waals surface area contributed by atoms with E-state index in [0.29, 0.717) is 11.7 Å². The van der Waals surface area contributed by atoms with Crippen molar-refractivity contribution in [2.45, 2.75) is 12.5 Å². The van der Waals surface area contributed by atoms with E-state index in [4.69, 9.17) is 0 Å². The number of nitrogens with zero attached hydrogens (tertiary/aromatic N) is 1. The Morgan fingerprint density at radius 2 is 2.58 bits per heavy atom. The van der Waals surface area contributed by atoms with E-state index in [1.165, 1.54) is 0 Å². The van der Waals surface area contributed by atoms with Crippen LogP contribution in [0, 0.1) is 5.92 Å². The summed E-state index contributed by atoms with van der Waals surface area (Å²) in [6.45, 7) is 1.89. The maximum absolute atomic E-state index is 9.78. The molecule has 0 saturated carbocycles. The van der Waals surface area contributed by atoms with Gasteiger partial charge in [0.1, 0.15) is 11.9 Å². The molecule has 0 spiro atoms. The molecule has 1 aromatic rings. The normalized spacial score (nSPS) is 25.9. The minimum atomic E-state index is -0.435. The van der Waals surface area contributed by atoms with Crippen molar-refractivity contribution in [3.8, 4) is 0 Å². The molecule has 0 amide bonds. The lowest BCUT2D eigenvalue weighted by Gasteiger charge is -2.13. The number of H-pyrrole nitrogens is 1. The number of aromatic amines is 1. The molecule has 0 aliphatic carbocycles. The summed E-state index contributed by atoms with van der Waals surface area (Å²) >= 11 is 0. The van der Waals surface area contributed by atoms with E-state index in [1.54, 1.807) is 12.4 Å². The van der Waals surface area contributed by atoms with Crippen LogP contribution in [-0.2, 0) is 0 Å². The third-order valence-electron chi connectivity index (χ3n) is 2.34. The lowest BCUT2D eigenvalue weighted by molar-refractivity contribution is 0.110. The van der Waals surface area contributed by atoms with Gasteiger partial charge in [-0.1, -0.05) is 0 Å². The van der Waals surface area contributed by atoms with Crippen LogP contribution < -0.4 is 5.32 Å². The first-order chi connectivity index (χ1) is 5.88. The van der Waals surface area contributed by atoms with E-state index in [2.05, 4.69) is 15.3 Å². The molecule has 3 N–H and O–H groups in total. The highest BCUT2D eigenvalue weighted by Crippen LogP contribution is 2.23. The van der Waals surface area contributed by atoms with Crippen molar-refractivity contribution in [1.82, 2.24) is 15.3 Å². The Morgan fingerprint density at radius 3 is 3.17 bits per heavy atom. The van der Waals surface area contributed by atoms with Crippen molar-refractivity contribution >= 4 is 0 Å². The molecule has 1 aliphatic rings. The minimum absolute atomic E-state index is 0.316. The molecular formula is C8H13N3O. The smallest absolute Gasteiger partial charge is 0.135 e. The second kappa shape index (κ2) is 3.25. The Morgan fingerprint density at radius 1 is 1.67 bits per heavy atom. The van der Waals surface area contributed by atoms with E-state index >= 15 is 0 Å². The third kappa shape index (κ3) is 1.35. The predicted octanol–water partition coefficient (Wildman–Crippen LogP) is 0.0526. The second-order valence-corrected chi connectivity index (χ2v) is 3.17. The highest BCUT2D eigenvalue weighted by molar-refractivity contribution is 4.96. The van der Waals surface area contributed by atoms with Crippen molar-refractivity contribution in [3.63, 3.8) is 0 Å². The molecule has 1 aliphatic heterocycles. The van der Waals surface area contributed by atoms with E-state index in [-0.39, 0.29) is 0 Å². The van der Waals surface area contributed by atoms with Crippen molar-refractivity contribution in [1.29, 1.82) is 0 Å². The van der Waals surface area contributed by atoms with E-state index in [9.17, 15) is 5.11 Å². The van der Waals surface area contributed by atoms with Crippen molar-refractivity contribution < 1.29 is 5.11 Å². The Hall–Kier alpha value is -0.870. The molecule has 2 atom stereocenters. The molecule has 66 valence electrons. The number of hydrogen-bond donors (Lipinski definition) is 3. The molecule has 2 unspecified atom stereocenters. The van der Waals surface area contributed by atoms with Gasteiger partial charge in [-0.15, -0.1) is 0 Å². The quantitative estimate of drug-likeness (QED) is 0.583. The summed E-state index contributed by atoms with van der Waals surface area (Å²) in [4.78, 5) is 6.95. The molecule has 2 rings (SSSR count). The zero-order chi connectivity index (χ0) is 8.39. The monoisotopic (exact) mass is 167 g/mol. The number of rotatable bonds is 2. The zero-order valence-corrected chi connectivity index (χ0v) is 6.83.